The number of esters is 2. The van der Waals surface area contributed by atoms with Gasteiger partial charge in [0, 0.05) is 26.2 Å². The number of ether oxygens (including phenoxy) is 2. The summed E-state index contributed by atoms with van der Waals surface area (Å²) in [5.74, 6) is -1.32. The molecule has 1 aliphatic heterocycles. The molecule has 1 saturated heterocycles. The first-order valence-corrected chi connectivity index (χ1v) is 9.08. The minimum absolute atomic E-state index is 0.134. The second-order valence-electron chi connectivity index (χ2n) is 6.43. The number of piperazine rings is 1. The van der Waals surface area contributed by atoms with Crippen LogP contribution in [-0.4, -0.2) is 49.1 Å². The molecule has 2 aromatic rings. The van der Waals surface area contributed by atoms with Crippen molar-refractivity contribution < 1.29 is 23.9 Å². The summed E-state index contributed by atoms with van der Waals surface area (Å²) >= 11 is 0. The van der Waals surface area contributed by atoms with E-state index >= 15 is 0 Å². The molecule has 2 aromatic carbocycles. The summed E-state index contributed by atoms with van der Waals surface area (Å²) in [4.78, 5) is 38.5. The highest BCUT2D eigenvalue weighted by atomic mass is 16.6. The van der Waals surface area contributed by atoms with E-state index in [0.717, 1.165) is 5.56 Å². The van der Waals surface area contributed by atoms with Gasteiger partial charge in [-0.15, -0.1) is 0 Å². The van der Waals surface area contributed by atoms with Crippen LogP contribution >= 0.6 is 0 Å². The van der Waals surface area contributed by atoms with Crippen LogP contribution in [0.4, 0.5) is 4.79 Å². The number of carbonyl (C=O) groups excluding carboxylic acids is 3. The van der Waals surface area contributed by atoms with Gasteiger partial charge in [0.05, 0.1) is 11.1 Å². The molecule has 1 aliphatic rings. The molecule has 1 amide bonds. The molecule has 3 rings (SSSR count). The molecule has 0 saturated carbocycles. The van der Waals surface area contributed by atoms with E-state index in [4.69, 9.17) is 9.47 Å². The maximum absolute atomic E-state index is 12.4. The third-order valence-electron chi connectivity index (χ3n) is 4.54. The van der Waals surface area contributed by atoms with Crippen molar-refractivity contribution in [2.24, 2.45) is 0 Å². The lowest BCUT2D eigenvalue weighted by molar-refractivity contribution is 0.0472. The number of carbonyl (C=O) groups is 3. The molecule has 1 fully saturated rings. The highest BCUT2D eigenvalue weighted by Crippen LogP contribution is 2.17. The first kappa shape index (κ1) is 19.6. The Hall–Kier alpha value is -3.19. The fraction of sp³-hybridized carbons (Fsp3) is 0.286. The fourth-order valence-electron chi connectivity index (χ4n) is 2.93. The van der Waals surface area contributed by atoms with Crippen LogP contribution in [0.15, 0.2) is 48.5 Å². The Morgan fingerprint density at radius 2 is 1.57 bits per heavy atom. The topological polar surface area (TPSA) is 84.9 Å². The highest BCUT2D eigenvalue weighted by molar-refractivity contribution is 6.01. The van der Waals surface area contributed by atoms with Gasteiger partial charge >= 0.3 is 18.0 Å². The average Bonchev–Trinajstić information content (AvgIpc) is 2.73. The summed E-state index contributed by atoms with van der Waals surface area (Å²) in [5.41, 5.74) is 1.71. The molecule has 1 N–H and O–H groups in total. The van der Waals surface area contributed by atoms with Gasteiger partial charge in [0.1, 0.15) is 6.61 Å². The molecule has 7 heteroatoms. The average molecular weight is 382 g/mol. The molecule has 0 aromatic heterocycles. The van der Waals surface area contributed by atoms with Crippen LogP contribution in [-0.2, 0) is 16.1 Å². The molecule has 146 valence electrons. The van der Waals surface area contributed by atoms with Crippen LogP contribution < -0.4 is 5.32 Å². The molecule has 0 aliphatic carbocycles. The smallest absolute Gasteiger partial charge is 0.417 e. The van der Waals surface area contributed by atoms with E-state index in [1.165, 1.54) is 11.0 Å². The summed E-state index contributed by atoms with van der Waals surface area (Å²) < 4.78 is 10.3. The third kappa shape index (κ3) is 4.75. The molecule has 1 heterocycles. The Morgan fingerprint density at radius 1 is 0.929 bits per heavy atom. The fourth-order valence-corrected chi connectivity index (χ4v) is 2.93. The predicted molar refractivity (Wildman–Crippen MR) is 102 cm³/mol. The molecular formula is C21H22N2O5. The van der Waals surface area contributed by atoms with Gasteiger partial charge in [-0.2, -0.15) is 0 Å². The van der Waals surface area contributed by atoms with E-state index in [-0.39, 0.29) is 17.7 Å². The molecule has 0 unspecified atom stereocenters. The van der Waals surface area contributed by atoms with Gasteiger partial charge in [0.15, 0.2) is 0 Å². The van der Waals surface area contributed by atoms with E-state index in [9.17, 15) is 14.4 Å². The quantitative estimate of drug-likeness (QED) is 0.646. The number of benzene rings is 2. The predicted octanol–water partition coefficient (Wildman–Crippen LogP) is 2.53. The number of hydrogen-bond donors (Lipinski definition) is 1. The first-order chi connectivity index (χ1) is 13.6. The maximum atomic E-state index is 12.4. The third-order valence-corrected chi connectivity index (χ3v) is 4.54. The Morgan fingerprint density at radius 3 is 2.25 bits per heavy atom. The van der Waals surface area contributed by atoms with Crippen LogP contribution in [0.3, 0.4) is 0 Å². The minimum atomic E-state index is -0.779. The number of rotatable bonds is 4. The summed E-state index contributed by atoms with van der Waals surface area (Å²) in [6.45, 7) is 4.05. The lowest BCUT2D eigenvalue weighted by Gasteiger charge is -2.26. The first-order valence-electron chi connectivity index (χ1n) is 9.08. The van der Waals surface area contributed by atoms with E-state index < -0.39 is 18.0 Å². The van der Waals surface area contributed by atoms with Crippen molar-refractivity contribution in [3.05, 3.63) is 70.8 Å². The second-order valence-corrected chi connectivity index (χ2v) is 6.43. The van der Waals surface area contributed by atoms with Crippen molar-refractivity contribution >= 4 is 18.0 Å². The summed E-state index contributed by atoms with van der Waals surface area (Å²) in [5, 5.41) is 3.12. The van der Waals surface area contributed by atoms with Crippen molar-refractivity contribution in [1.29, 1.82) is 0 Å². The Bertz CT molecular complexity index is 860. The van der Waals surface area contributed by atoms with Gasteiger partial charge in [-0.05, 0) is 30.2 Å². The van der Waals surface area contributed by atoms with E-state index in [0.29, 0.717) is 31.7 Å². The number of hydrogen-bond acceptors (Lipinski definition) is 6. The van der Waals surface area contributed by atoms with Crippen LogP contribution in [0.2, 0.25) is 0 Å². The monoisotopic (exact) mass is 382 g/mol. The van der Waals surface area contributed by atoms with E-state index in [1.807, 2.05) is 30.3 Å². The second kappa shape index (κ2) is 9.14. The van der Waals surface area contributed by atoms with Gasteiger partial charge < -0.3 is 19.7 Å². The van der Waals surface area contributed by atoms with Gasteiger partial charge in [-0.1, -0.05) is 36.4 Å². The highest BCUT2D eigenvalue weighted by Gasteiger charge is 2.24. The van der Waals surface area contributed by atoms with Crippen LogP contribution in [0.25, 0.3) is 0 Å². The molecule has 0 bridgehead atoms. The van der Waals surface area contributed by atoms with Crippen LogP contribution in [0.5, 0.6) is 0 Å². The lowest BCUT2D eigenvalue weighted by Crippen LogP contribution is -2.47. The van der Waals surface area contributed by atoms with E-state index in [2.05, 4.69) is 5.32 Å². The van der Waals surface area contributed by atoms with Crippen molar-refractivity contribution in [2.45, 2.75) is 13.5 Å². The van der Waals surface area contributed by atoms with Gasteiger partial charge in [0.25, 0.3) is 0 Å². The largest absolute Gasteiger partial charge is 0.457 e. The standard InChI is InChI=1S/C21H22N2O5/c1-15-17(19(24)27-14-16-6-3-2-4-7-16)8-5-9-18(15)20(25)28-21(26)23-12-10-22-11-13-23/h2-9,22H,10-14H2,1H3. The number of nitrogens with one attached hydrogen (secondary N) is 1. The van der Waals surface area contributed by atoms with E-state index in [1.54, 1.807) is 19.1 Å². The zero-order valence-corrected chi connectivity index (χ0v) is 15.6. The molecule has 0 spiro atoms. The van der Waals surface area contributed by atoms with Crippen molar-refractivity contribution in [1.82, 2.24) is 10.2 Å². The SMILES string of the molecule is Cc1c(C(=O)OCc2ccccc2)cccc1C(=O)OC(=O)N1CCNCC1. The van der Waals surface area contributed by atoms with Crippen molar-refractivity contribution in [3.8, 4) is 0 Å². The number of amides is 1. The summed E-state index contributed by atoms with van der Waals surface area (Å²) in [6.07, 6.45) is -0.678. The van der Waals surface area contributed by atoms with Crippen LogP contribution in [0, 0.1) is 6.92 Å². The molecule has 0 radical (unpaired) electrons. The normalized spacial score (nSPS) is 13.7. The summed E-state index contributed by atoms with van der Waals surface area (Å²) in [6, 6.07) is 14.0. The maximum Gasteiger partial charge on any atom is 0.417 e. The van der Waals surface area contributed by atoms with Gasteiger partial charge in [0.2, 0.25) is 0 Å². The number of nitrogens with zero attached hydrogens (tertiary/aromatic N) is 1. The lowest BCUT2D eigenvalue weighted by atomic mass is 10.0. The Labute approximate surface area is 163 Å². The molecule has 7 nitrogen and oxygen atoms in total. The molecule has 28 heavy (non-hydrogen) atoms. The Balaban J connectivity index is 1.66. The summed E-state index contributed by atoms with van der Waals surface area (Å²) in [7, 11) is 0. The minimum Gasteiger partial charge on any atom is -0.457 e. The molecular weight excluding hydrogens is 360 g/mol. The van der Waals surface area contributed by atoms with Crippen molar-refractivity contribution in [3.63, 3.8) is 0 Å². The Kier molecular flexibility index (Phi) is 6.39. The van der Waals surface area contributed by atoms with Crippen molar-refractivity contribution in [2.75, 3.05) is 26.2 Å². The molecule has 0 atom stereocenters. The van der Waals surface area contributed by atoms with Gasteiger partial charge in [-0.25, -0.2) is 14.4 Å². The van der Waals surface area contributed by atoms with Gasteiger partial charge in [-0.3, -0.25) is 0 Å². The zero-order chi connectivity index (χ0) is 19.9. The van der Waals surface area contributed by atoms with Crippen LogP contribution in [0.1, 0.15) is 31.8 Å². The zero-order valence-electron chi connectivity index (χ0n) is 15.6.